The number of carbonyl (C=O) groups is 3. The van der Waals surface area contributed by atoms with Gasteiger partial charge in [0.05, 0.1) is 54.7 Å². The van der Waals surface area contributed by atoms with E-state index >= 15 is 0 Å². The van der Waals surface area contributed by atoms with E-state index in [2.05, 4.69) is 24.1 Å². The Morgan fingerprint density at radius 1 is 1.10 bits per heavy atom. The van der Waals surface area contributed by atoms with Gasteiger partial charge in [-0.2, -0.15) is 0 Å². The highest BCUT2D eigenvalue weighted by atomic mass is 19.2. The molecule has 3 aliphatic rings. The number of alkyl halides is 1. The summed E-state index contributed by atoms with van der Waals surface area (Å²) >= 11 is 0. The first-order chi connectivity index (χ1) is 23.6. The number of rotatable bonds is 9. The summed E-state index contributed by atoms with van der Waals surface area (Å²) in [5, 5.41) is 12.2. The third kappa shape index (κ3) is 7.23. The van der Waals surface area contributed by atoms with Crippen molar-refractivity contribution in [3.63, 3.8) is 0 Å². The number of benzene rings is 2. The monoisotopic (exact) mass is 695 g/mol. The molecule has 0 radical (unpaired) electrons. The number of aldehydes is 1. The number of nitrogens with two attached hydrogens (primary N) is 1. The van der Waals surface area contributed by atoms with Gasteiger partial charge in [-0.1, -0.05) is 13.8 Å². The molecule has 2 aliphatic heterocycles. The maximum Gasteiger partial charge on any atom is 0.305 e. The van der Waals surface area contributed by atoms with Crippen LogP contribution in [0.25, 0.3) is 16.7 Å². The molecule has 0 spiro atoms. The lowest BCUT2D eigenvalue weighted by atomic mass is 9.91. The number of hydrogen-bond donors (Lipinski definition) is 3. The second-order valence-corrected chi connectivity index (χ2v) is 13.9. The second-order valence-electron chi connectivity index (χ2n) is 13.9. The smallest absolute Gasteiger partial charge is 0.305 e. The van der Waals surface area contributed by atoms with Crippen LogP contribution in [0.1, 0.15) is 48.7 Å². The summed E-state index contributed by atoms with van der Waals surface area (Å²) in [5.74, 6) is -3.98. The molecular formula is C37H41F4N5O4. The first-order valence-corrected chi connectivity index (χ1v) is 16.3. The lowest BCUT2D eigenvalue weighted by Gasteiger charge is -2.36. The van der Waals surface area contributed by atoms with Gasteiger partial charge in [0.1, 0.15) is 12.0 Å². The summed E-state index contributed by atoms with van der Waals surface area (Å²) in [6, 6.07) is 6.72. The van der Waals surface area contributed by atoms with E-state index in [-0.39, 0.29) is 22.5 Å². The van der Waals surface area contributed by atoms with Crippen molar-refractivity contribution in [3.05, 3.63) is 88.6 Å². The molecule has 1 aliphatic carbocycles. The maximum atomic E-state index is 15.0. The predicted molar refractivity (Wildman–Crippen MR) is 181 cm³/mol. The van der Waals surface area contributed by atoms with Crippen molar-refractivity contribution in [2.75, 3.05) is 31.6 Å². The second kappa shape index (κ2) is 14.2. The fourth-order valence-corrected chi connectivity index (χ4v) is 7.43. The molecule has 3 fully saturated rings. The van der Waals surface area contributed by atoms with E-state index in [1.165, 1.54) is 24.4 Å². The summed E-state index contributed by atoms with van der Waals surface area (Å²) in [6.45, 7) is 9.08. The van der Waals surface area contributed by atoms with Gasteiger partial charge < -0.3 is 21.1 Å². The third-order valence-electron chi connectivity index (χ3n) is 10.2. The minimum atomic E-state index is -1.27. The molecule has 1 saturated carbocycles. The summed E-state index contributed by atoms with van der Waals surface area (Å²) in [7, 11) is 1.83. The molecule has 50 heavy (non-hydrogen) atoms. The van der Waals surface area contributed by atoms with Gasteiger partial charge >= 0.3 is 5.97 Å². The number of allylic oxidation sites excluding steroid dienone is 1. The average molecular weight is 696 g/mol. The van der Waals surface area contributed by atoms with Crippen LogP contribution in [0.15, 0.2) is 48.8 Å². The SMILES string of the molecule is Cc1cc(F)cc(C)c1-c1cc(F)c(F)c(C(CC(=O)O)NC(=O)[C@@H]2C3C(CN2C)C3(C)C)c1.N/C=C(/C=O)c1ccc(N2CC(F)C2)cn1. The van der Waals surface area contributed by atoms with Gasteiger partial charge in [0.2, 0.25) is 5.91 Å². The zero-order chi connectivity index (χ0) is 36.7. The first-order valence-electron chi connectivity index (χ1n) is 16.3. The van der Waals surface area contributed by atoms with Crippen molar-refractivity contribution in [3.8, 4) is 11.1 Å². The summed E-state index contributed by atoms with van der Waals surface area (Å²) in [5.41, 5.74) is 8.64. The van der Waals surface area contributed by atoms with Gasteiger partial charge in [-0.3, -0.25) is 24.3 Å². The number of likely N-dealkylation sites (tertiary alicyclic amines) is 1. The van der Waals surface area contributed by atoms with Crippen molar-refractivity contribution < 1.29 is 37.1 Å². The predicted octanol–water partition coefficient (Wildman–Crippen LogP) is 5.34. The highest BCUT2D eigenvalue weighted by Gasteiger charge is 2.67. The van der Waals surface area contributed by atoms with E-state index in [1.54, 1.807) is 32.2 Å². The number of likely N-dealkylation sites (N-methyl/N-ethyl adjacent to an activating group) is 1. The van der Waals surface area contributed by atoms with Gasteiger partial charge in [-0.15, -0.1) is 0 Å². The van der Waals surface area contributed by atoms with Crippen LogP contribution >= 0.6 is 0 Å². The number of nitrogens with one attached hydrogen (secondary N) is 1. The Bertz CT molecular complexity index is 1800. The van der Waals surface area contributed by atoms with Crippen LogP contribution in [0.3, 0.4) is 0 Å². The number of carbonyl (C=O) groups excluding carboxylic acids is 2. The number of hydrogen-bond acceptors (Lipinski definition) is 7. The van der Waals surface area contributed by atoms with E-state index < -0.39 is 54.0 Å². The Balaban J connectivity index is 0.000000253. The van der Waals surface area contributed by atoms with Gasteiger partial charge in [0, 0.05) is 18.3 Å². The van der Waals surface area contributed by atoms with E-state index in [0.29, 0.717) is 53.3 Å². The third-order valence-corrected chi connectivity index (χ3v) is 10.2. The summed E-state index contributed by atoms with van der Waals surface area (Å²) in [6.07, 6.45) is 2.14. The molecule has 13 heteroatoms. The van der Waals surface area contributed by atoms with Crippen molar-refractivity contribution in [2.24, 2.45) is 23.0 Å². The first kappa shape index (κ1) is 36.5. The van der Waals surface area contributed by atoms with Gasteiger partial charge in [-0.05, 0) is 96.8 Å². The number of carboxylic acids is 1. The van der Waals surface area contributed by atoms with Crippen LogP contribution in [0.2, 0.25) is 0 Å². The summed E-state index contributed by atoms with van der Waals surface area (Å²) in [4.78, 5) is 43.4. The topological polar surface area (TPSA) is 129 Å². The number of nitrogens with zero attached hydrogens (tertiary/aromatic N) is 3. The molecule has 4 N–H and O–H groups in total. The molecule has 3 heterocycles. The van der Waals surface area contributed by atoms with Crippen LogP contribution in [0.5, 0.6) is 0 Å². The number of aromatic nitrogens is 1. The molecular weight excluding hydrogens is 654 g/mol. The highest BCUT2D eigenvalue weighted by molar-refractivity contribution is 6.05. The Kier molecular flexibility index (Phi) is 10.4. The molecule has 9 nitrogen and oxygen atoms in total. The number of fused-ring (bicyclic) bond motifs is 1. The molecule has 2 saturated heterocycles. The van der Waals surface area contributed by atoms with E-state index in [0.717, 1.165) is 18.3 Å². The van der Waals surface area contributed by atoms with E-state index in [4.69, 9.17) is 5.73 Å². The largest absolute Gasteiger partial charge is 0.481 e. The average Bonchev–Trinajstić information content (AvgIpc) is 3.33. The molecule has 4 atom stereocenters. The van der Waals surface area contributed by atoms with Gasteiger partial charge in [0.15, 0.2) is 17.9 Å². The molecule has 3 aromatic rings. The maximum absolute atomic E-state index is 15.0. The van der Waals surface area contributed by atoms with Crippen LogP contribution in [0, 0.1) is 48.5 Å². The van der Waals surface area contributed by atoms with Gasteiger partial charge in [0.25, 0.3) is 0 Å². The fraction of sp³-hybridized carbons (Fsp3) is 0.405. The van der Waals surface area contributed by atoms with E-state index in [1.807, 2.05) is 16.8 Å². The Morgan fingerprint density at radius 3 is 2.28 bits per heavy atom. The number of aliphatic carboxylic acids is 1. The quantitative estimate of drug-likeness (QED) is 0.156. The lowest BCUT2D eigenvalue weighted by Crippen LogP contribution is -2.48. The standard InChI is InChI=1S/C26H29F3N2O3.C11H12FN3O/c1-12-6-15(27)7-13(2)21(12)14-8-16(23(29)18(28)9-14)19(10-20(32)33)30-25(34)24-22-17(11-31(24)5)26(22,3)4;12-9-5-15(6-9)10-1-2-11(14-4-10)8(3-13)7-16/h6-9,17,19,22,24H,10-11H2,1-5H3,(H,30,34)(H,32,33);1-4,7,9H,5-6,13H2/b;8-3-/t17?,19?,22?,24-;/m0./s1. The fourth-order valence-electron chi connectivity index (χ4n) is 7.43. The highest BCUT2D eigenvalue weighted by Crippen LogP contribution is 2.64. The molecule has 3 unspecified atom stereocenters. The zero-order valence-electron chi connectivity index (χ0n) is 28.5. The van der Waals surface area contributed by atoms with Crippen LogP contribution in [-0.4, -0.2) is 72.0 Å². The van der Waals surface area contributed by atoms with Crippen molar-refractivity contribution in [1.29, 1.82) is 0 Å². The number of amides is 1. The molecule has 266 valence electrons. The van der Waals surface area contributed by atoms with Crippen molar-refractivity contribution in [1.82, 2.24) is 15.2 Å². The number of aryl methyl sites for hydroxylation is 2. The van der Waals surface area contributed by atoms with Gasteiger partial charge in [-0.25, -0.2) is 17.6 Å². The van der Waals surface area contributed by atoms with Crippen molar-refractivity contribution in [2.45, 2.75) is 52.4 Å². The molecule has 0 bridgehead atoms. The lowest BCUT2D eigenvalue weighted by molar-refractivity contribution is -0.138. The molecule has 1 amide bonds. The van der Waals surface area contributed by atoms with Crippen molar-refractivity contribution >= 4 is 29.4 Å². The minimum absolute atomic E-state index is 0.00568. The number of anilines is 1. The summed E-state index contributed by atoms with van der Waals surface area (Å²) < 4.78 is 56.1. The molecule has 1 aromatic heterocycles. The minimum Gasteiger partial charge on any atom is -0.481 e. The normalized spacial score (nSPS) is 21.7. The molecule has 6 rings (SSSR count). The number of piperidine rings is 1. The Hall–Kier alpha value is -4.78. The van der Waals surface area contributed by atoms with Crippen LogP contribution in [-0.2, 0) is 14.4 Å². The zero-order valence-corrected chi connectivity index (χ0v) is 28.5. The molecule has 2 aromatic carbocycles. The Morgan fingerprint density at radius 2 is 1.76 bits per heavy atom. The Labute approximate surface area is 288 Å². The van der Waals surface area contributed by atoms with Crippen LogP contribution in [0.4, 0.5) is 23.2 Å². The number of carboxylic acid groups (broad SMARTS) is 1. The number of halogens is 4. The van der Waals surface area contributed by atoms with E-state index in [9.17, 15) is 37.1 Å². The number of pyridine rings is 1. The van der Waals surface area contributed by atoms with Crippen LogP contribution < -0.4 is 16.0 Å².